The van der Waals surface area contributed by atoms with Gasteiger partial charge in [0.15, 0.2) is 6.39 Å². The number of likely N-dealkylation sites (tertiary alicyclic amines) is 1. The molecule has 2 aliphatic rings. The van der Waals surface area contributed by atoms with Crippen LogP contribution in [-0.2, 0) is 7.05 Å². The quantitative estimate of drug-likeness (QED) is 0.845. The van der Waals surface area contributed by atoms with E-state index in [9.17, 15) is 4.79 Å². The first kappa shape index (κ1) is 15.4. The third-order valence-electron chi connectivity index (χ3n) is 5.78. The van der Waals surface area contributed by atoms with Crippen LogP contribution in [-0.4, -0.2) is 43.6 Å². The fraction of sp³-hybridized carbons (Fsp3) is 0.647. The van der Waals surface area contributed by atoms with E-state index in [-0.39, 0.29) is 17.2 Å². The van der Waals surface area contributed by atoms with Crippen LogP contribution in [0.15, 0.2) is 17.1 Å². The Morgan fingerprint density at radius 3 is 2.75 bits per heavy atom. The molecule has 0 aromatic carbocycles. The number of aromatic nitrogens is 4. The molecule has 2 aromatic heterocycles. The normalized spacial score (nSPS) is 23.1. The average Bonchev–Trinajstić information content (AvgIpc) is 3.27. The first-order valence-corrected chi connectivity index (χ1v) is 8.64. The lowest BCUT2D eigenvalue weighted by molar-refractivity contribution is 0.0726. The summed E-state index contributed by atoms with van der Waals surface area (Å²) in [6.45, 7) is 3.25. The van der Waals surface area contributed by atoms with Gasteiger partial charge in [0, 0.05) is 26.1 Å². The molecule has 1 amide bonds. The Kier molecular flexibility index (Phi) is 3.66. The van der Waals surface area contributed by atoms with Crippen molar-refractivity contribution in [3.63, 3.8) is 0 Å². The van der Waals surface area contributed by atoms with Gasteiger partial charge >= 0.3 is 0 Å². The summed E-state index contributed by atoms with van der Waals surface area (Å²) in [5.74, 6) is 1.53. The summed E-state index contributed by atoms with van der Waals surface area (Å²) < 4.78 is 7.32. The van der Waals surface area contributed by atoms with E-state index in [0.29, 0.717) is 18.0 Å². The zero-order valence-electron chi connectivity index (χ0n) is 14.2. The minimum absolute atomic E-state index is 0.0559. The highest BCUT2D eigenvalue weighted by Crippen LogP contribution is 2.51. The molecule has 3 heterocycles. The summed E-state index contributed by atoms with van der Waals surface area (Å²) in [6.07, 6.45) is 9.09. The smallest absolute Gasteiger partial charge is 0.291 e. The van der Waals surface area contributed by atoms with Crippen molar-refractivity contribution >= 4 is 5.91 Å². The van der Waals surface area contributed by atoms with E-state index in [4.69, 9.17) is 4.42 Å². The van der Waals surface area contributed by atoms with E-state index in [1.54, 1.807) is 6.33 Å². The number of aryl methyl sites for hydroxylation is 2. The van der Waals surface area contributed by atoms with E-state index >= 15 is 0 Å². The molecule has 2 fully saturated rings. The SMILES string of the molecule is Cc1ncoc1C(=O)N1CC(c2nncn2C)C2(CCCCC2)C1. The second kappa shape index (κ2) is 5.72. The highest BCUT2D eigenvalue weighted by molar-refractivity contribution is 5.92. The van der Waals surface area contributed by atoms with Gasteiger partial charge in [0.1, 0.15) is 12.2 Å². The summed E-state index contributed by atoms with van der Waals surface area (Å²) in [6, 6.07) is 0. The molecule has 1 spiro atoms. The number of amides is 1. The van der Waals surface area contributed by atoms with Crippen LogP contribution >= 0.6 is 0 Å². The van der Waals surface area contributed by atoms with Gasteiger partial charge < -0.3 is 13.9 Å². The van der Waals surface area contributed by atoms with Gasteiger partial charge in [-0.25, -0.2) is 4.98 Å². The van der Waals surface area contributed by atoms with Gasteiger partial charge in [0.05, 0.1) is 5.69 Å². The topological polar surface area (TPSA) is 77.1 Å². The van der Waals surface area contributed by atoms with Crippen LogP contribution in [0.1, 0.15) is 60.1 Å². The third kappa shape index (κ3) is 2.34. The molecule has 4 rings (SSSR count). The monoisotopic (exact) mass is 329 g/mol. The zero-order chi connectivity index (χ0) is 16.7. The predicted molar refractivity (Wildman–Crippen MR) is 86.4 cm³/mol. The van der Waals surface area contributed by atoms with Gasteiger partial charge in [-0.2, -0.15) is 0 Å². The predicted octanol–water partition coefficient (Wildman–Crippen LogP) is 2.30. The summed E-state index contributed by atoms with van der Waals surface area (Å²) in [5, 5.41) is 8.42. The molecule has 1 aliphatic carbocycles. The number of hydrogen-bond acceptors (Lipinski definition) is 5. The average molecular weight is 329 g/mol. The molecule has 1 saturated heterocycles. The van der Waals surface area contributed by atoms with Crippen molar-refractivity contribution in [2.24, 2.45) is 12.5 Å². The Morgan fingerprint density at radius 1 is 1.33 bits per heavy atom. The summed E-state index contributed by atoms with van der Waals surface area (Å²) in [7, 11) is 1.98. The molecule has 1 unspecified atom stereocenters. The number of hydrogen-bond donors (Lipinski definition) is 0. The second-order valence-corrected chi connectivity index (χ2v) is 7.23. The minimum atomic E-state index is -0.0559. The van der Waals surface area contributed by atoms with E-state index in [0.717, 1.165) is 25.2 Å². The number of rotatable bonds is 2. The molecule has 0 N–H and O–H groups in total. The van der Waals surface area contributed by atoms with Crippen LogP contribution in [0.3, 0.4) is 0 Å². The highest BCUT2D eigenvalue weighted by atomic mass is 16.3. The van der Waals surface area contributed by atoms with E-state index in [1.165, 1.54) is 25.7 Å². The van der Waals surface area contributed by atoms with Crippen molar-refractivity contribution in [2.75, 3.05) is 13.1 Å². The summed E-state index contributed by atoms with van der Waals surface area (Å²) in [5.41, 5.74) is 0.766. The summed E-state index contributed by atoms with van der Waals surface area (Å²) >= 11 is 0. The lowest BCUT2D eigenvalue weighted by Gasteiger charge is -2.37. The third-order valence-corrected chi connectivity index (χ3v) is 5.78. The maximum atomic E-state index is 12.9. The Bertz CT molecular complexity index is 744. The van der Waals surface area contributed by atoms with Crippen LogP contribution < -0.4 is 0 Å². The largest absolute Gasteiger partial charge is 0.438 e. The molecule has 1 saturated carbocycles. The van der Waals surface area contributed by atoms with Gasteiger partial charge in [-0.3, -0.25) is 4.79 Å². The van der Waals surface area contributed by atoms with Crippen molar-refractivity contribution in [1.29, 1.82) is 0 Å². The molecule has 0 radical (unpaired) electrons. The van der Waals surface area contributed by atoms with Crippen molar-refractivity contribution in [3.8, 4) is 0 Å². The zero-order valence-corrected chi connectivity index (χ0v) is 14.2. The first-order valence-electron chi connectivity index (χ1n) is 8.64. The molecular weight excluding hydrogens is 306 g/mol. The molecule has 7 nitrogen and oxygen atoms in total. The Morgan fingerprint density at radius 2 is 2.12 bits per heavy atom. The molecule has 24 heavy (non-hydrogen) atoms. The van der Waals surface area contributed by atoms with Gasteiger partial charge in [-0.15, -0.1) is 10.2 Å². The molecule has 128 valence electrons. The minimum Gasteiger partial charge on any atom is -0.438 e. The van der Waals surface area contributed by atoms with Gasteiger partial charge in [-0.05, 0) is 25.2 Å². The van der Waals surface area contributed by atoms with Crippen molar-refractivity contribution < 1.29 is 9.21 Å². The van der Waals surface area contributed by atoms with Gasteiger partial charge in [0.25, 0.3) is 5.91 Å². The van der Waals surface area contributed by atoms with Crippen molar-refractivity contribution in [3.05, 3.63) is 30.0 Å². The molecular formula is C17H23N5O2. The number of nitrogens with zero attached hydrogens (tertiary/aromatic N) is 5. The van der Waals surface area contributed by atoms with E-state index < -0.39 is 0 Å². The molecule has 1 aliphatic heterocycles. The van der Waals surface area contributed by atoms with Crippen LogP contribution in [0.5, 0.6) is 0 Å². The standard InChI is InChI=1S/C17H23N5O2/c1-12-14(24-11-18-12)16(23)22-8-13(15-20-19-10-21(15)2)17(9-22)6-4-3-5-7-17/h10-11,13H,3-9H2,1-2H3. The fourth-order valence-corrected chi connectivity index (χ4v) is 4.50. The number of oxazole rings is 1. The van der Waals surface area contributed by atoms with Crippen LogP contribution in [0.25, 0.3) is 0 Å². The molecule has 1 atom stereocenters. The Hall–Kier alpha value is -2.18. The first-order chi connectivity index (χ1) is 11.6. The van der Waals surface area contributed by atoms with Gasteiger partial charge in [-0.1, -0.05) is 19.3 Å². The Balaban J connectivity index is 1.67. The summed E-state index contributed by atoms with van der Waals surface area (Å²) in [4.78, 5) is 18.9. The molecule has 2 aromatic rings. The van der Waals surface area contributed by atoms with Crippen molar-refractivity contribution in [2.45, 2.75) is 44.9 Å². The lowest BCUT2D eigenvalue weighted by atomic mass is 9.67. The number of carbonyl (C=O) groups is 1. The van der Waals surface area contributed by atoms with E-state index in [2.05, 4.69) is 15.2 Å². The second-order valence-electron chi connectivity index (χ2n) is 7.23. The molecule has 0 bridgehead atoms. The van der Waals surface area contributed by atoms with Crippen molar-refractivity contribution in [1.82, 2.24) is 24.6 Å². The maximum Gasteiger partial charge on any atom is 0.291 e. The van der Waals surface area contributed by atoms with Crippen LogP contribution in [0, 0.1) is 12.3 Å². The Labute approximate surface area is 141 Å². The van der Waals surface area contributed by atoms with E-state index in [1.807, 2.05) is 23.4 Å². The van der Waals surface area contributed by atoms with Crippen LogP contribution in [0.4, 0.5) is 0 Å². The maximum absolute atomic E-state index is 12.9. The fourth-order valence-electron chi connectivity index (χ4n) is 4.50. The highest BCUT2D eigenvalue weighted by Gasteiger charge is 2.50. The van der Waals surface area contributed by atoms with Gasteiger partial charge in [0.2, 0.25) is 5.76 Å². The number of carbonyl (C=O) groups excluding carboxylic acids is 1. The van der Waals surface area contributed by atoms with Crippen LogP contribution in [0.2, 0.25) is 0 Å². The lowest BCUT2D eigenvalue weighted by Crippen LogP contribution is -2.34. The molecule has 7 heteroatoms.